The highest BCUT2D eigenvalue weighted by Gasteiger charge is 2.05. The summed E-state index contributed by atoms with van der Waals surface area (Å²) in [6.07, 6.45) is 7.46. The summed E-state index contributed by atoms with van der Waals surface area (Å²) in [4.78, 5) is 15.8. The Kier molecular flexibility index (Phi) is 6.47. The number of carbonyl (C=O) groups excluding carboxylic acids is 1. The first-order valence-electron chi connectivity index (χ1n) is 7.92. The molecule has 1 aromatic carbocycles. The van der Waals surface area contributed by atoms with Crippen molar-refractivity contribution < 1.29 is 9.53 Å². The molecule has 0 unspecified atom stereocenters. The Labute approximate surface area is 136 Å². The molecule has 0 aliphatic rings. The van der Waals surface area contributed by atoms with Gasteiger partial charge >= 0.3 is 0 Å². The van der Waals surface area contributed by atoms with Crippen molar-refractivity contribution in [2.24, 2.45) is 0 Å². The highest BCUT2D eigenvalue weighted by molar-refractivity contribution is 5.76. The molecule has 6 heteroatoms. The molecule has 3 N–H and O–H groups in total. The zero-order valence-corrected chi connectivity index (χ0v) is 13.5. The SMILES string of the molecule is CCOc1ccc(CCC(=O)NCCCn2ccnc2)cc1N. The van der Waals surface area contributed by atoms with Gasteiger partial charge in [0.1, 0.15) is 5.75 Å². The molecule has 23 heavy (non-hydrogen) atoms. The van der Waals surface area contributed by atoms with Crippen LogP contribution in [0.2, 0.25) is 0 Å². The van der Waals surface area contributed by atoms with Gasteiger partial charge in [-0.05, 0) is 37.5 Å². The number of anilines is 1. The van der Waals surface area contributed by atoms with E-state index < -0.39 is 0 Å². The number of imidazole rings is 1. The first kappa shape index (κ1) is 16.9. The monoisotopic (exact) mass is 316 g/mol. The maximum atomic E-state index is 11.8. The van der Waals surface area contributed by atoms with Gasteiger partial charge in [0.25, 0.3) is 0 Å². The van der Waals surface area contributed by atoms with Gasteiger partial charge in [0, 0.05) is 31.9 Å². The minimum Gasteiger partial charge on any atom is -0.492 e. The smallest absolute Gasteiger partial charge is 0.220 e. The van der Waals surface area contributed by atoms with Crippen LogP contribution in [0.1, 0.15) is 25.3 Å². The van der Waals surface area contributed by atoms with E-state index in [9.17, 15) is 4.79 Å². The third kappa shape index (κ3) is 5.65. The van der Waals surface area contributed by atoms with Gasteiger partial charge in [-0.25, -0.2) is 4.98 Å². The lowest BCUT2D eigenvalue weighted by Gasteiger charge is -2.09. The van der Waals surface area contributed by atoms with E-state index in [4.69, 9.17) is 10.5 Å². The Bertz CT molecular complexity index is 611. The predicted molar refractivity (Wildman–Crippen MR) is 90.2 cm³/mol. The van der Waals surface area contributed by atoms with E-state index in [2.05, 4.69) is 10.3 Å². The first-order chi connectivity index (χ1) is 11.2. The molecule has 0 saturated heterocycles. The molecular weight excluding hydrogens is 292 g/mol. The molecule has 2 aromatic rings. The van der Waals surface area contributed by atoms with Gasteiger partial charge in [-0.15, -0.1) is 0 Å². The number of nitrogens with zero attached hydrogens (tertiary/aromatic N) is 2. The highest BCUT2D eigenvalue weighted by Crippen LogP contribution is 2.23. The van der Waals surface area contributed by atoms with Crippen molar-refractivity contribution in [1.82, 2.24) is 14.9 Å². The molecule has 0 aliphatic heterocycles. The number of carbonyl (C=O) groups is 1. The fourth-order valence-corrected chi connectivity index (χ4v) is 2.30. The van der Waals surface area contributed by atoms with Crippen LogP contribution in [0.4, 0.5) is 5.69 Å². The van der Waals surface area contributed by atoms with Crippen LogP contribution < -0.4 is 15.8 Å². The van der Waals surface area contributed by atoms with Crippen molar-refractivity contribution >= 4 is 11.6 Å². The fraction of sp³-hybridized carbons (Fsp3) is 0.412. The van der Waals surface area contributed by atoms with Crippen molar-refractivity contribution in [2.75, 3.05) is 18.9 Å². The number of amides is 1. The molecule has 2 rings (SSSR count). The number of hydrogen-bond donors (Lipinski definition) is 2. The van der Waals surface area contributed by atoms with E-state index in [1.165, 1.54) is 0 Å². The van der Waals surface area contributed by atoms with Crippen LogP contribution in [0.15, 0.2) is 36.9 Å². The Balaban J connectivity index is 1.66. The van der Waals surface area contributed by atoms with E-state index >= 15 is 0 Å². The number of hydrogen-bond acceptors (Lipinski definition) is 4. The number of aryl methyl sites for hydroxylation is 2. The van der Waals surface area contributed by atoms with Crippen molar-refractivity contribution in [1.29, 1.82) is 0 Å². The molecule has 0 fully saturated rings. The number of nitrogen functional groups attached to an aromatic ring is 1. The van der Waals surface area contributed by atoms with E-state index in [1.54, 1.807) is 12.5 Å². The molecule has 0 atom stereocenters. The second-order valence-electron chi connectivity index (χ2n) is 5.31. The molecule has 0 saturated carbocycles. The number of benzene rings is 1. The van der Waals surface area contributed by atoms with Crippen LogP contribution in [0, 0.1) is 0 Å². The van der Waals surface area contributed by atoms with Crippen LogP contribution in [0.25, 0.3) is 0 Å². The summed E-state index contributed by atoms with van der Waals surface area (Å²) in [5.74, 6) is 0.753. The van der Waals surface area contributed by atoms with E-state index in [0.717, 1.165) is 18.5 Å². The minimum absolute atomic E-state index is 0.0584. The largest absolute Gasteiger partial charge is 0.492 e. The number of aromatic nitrogens is 2. The molecule has 0 spiro atoms. The molecule has 124 valence electrons. The lowest BCUT2D eigenvalue weighted by molar-refractivity contribution is -0.121. The molecule has 6 nitrogen and oxygen atoms in total. The topological polar surface area (TPSA) is 82.2 Å². The fourth-order valence-electron chi connectivity index (χ4n) is 2.30. The normalized spacial score (nSPS) is 10.5. The summed E-state index contributed by atoms with van der Waals surface area (Å²) in [6, 6.07) is 5.68. The Morgan fingerprint density at radius 3 is 3.00 bits per heavy atom. The number of nitrogens with one attached hydrogen (secondary N) is 1. The minimum atomic E-state index is 0.0584. The summed E-state index contributed by atoms with van der Waals surface area (Å²) in [6.45, 7) is 4.04. The van der Waals surface area contributed by atoms with Gasteiger partial charge < -0.3 is 20.4 Å². The Hall–Kier alpha value is -2.50. The standard InChI is InChI=1S/C17H24N4O2/c1-2-23-16-6-4-14(12-15(16)18)5-7-17(22)20-8-3-10-21-11-9-19-13-21/h4,6,9,11-13H,2-3,5,7-8,10,18H2,1H3,(H,20,22). The van der Waals surface area contributed by atoms with Crippen LogP contribution in [0.3, 0.4) is 0 Å². The van der Waals surface area contributed by atoms with E-state index in [1.807, 2.05) is 35.9 Å². The average Bonchev–Trinajstić information content (AvgIpc) is 3.05. The van der Waals surface area contributed by atoms with Crippen molar-refractivity contribution in [3.8, 4) is 5.75 Å². The van der Waals surface area contributed by atoms with Crippen LogP contribution in [0.5, 0.6) is 5.75 Å². The third-order valence-corrected chi connectivity index (χ3v) is 3.49. The molecule has 0 bridgehead atoms. The molecule has 1 amide bonds. The molecule has 0 aliphatic carbocycles. The van der Waals surface area contributed by atoms with Gasteiger partial charge in [-0.3, -0.25) is 4.79 Å². The van der Waals surface area contributed by atoms with E-state index in [0.29, 0.717) is 37.4 Å². The van der Waals surface area contributed by atoms with Gasteiger partial charge in [0.2, 0.25) is 5.91 Å². The highest BCUT2D eigenvalue weighted by atomic mass is 16.5. The van der Waals surface area contributed by atoms with Crippen molar-refractivity contribution in [3.05, 3.63) is 42.5 Å². The Morgan fingerprint density at radius 2 is 2.30 bits per heavy atom. The summed E-state index contributed by atoms with van der Waals surface area (Å²) in [7, 11) is 0. The van der Waals surface area contributed by atoms with Gasteiger partial charge in [-0.2, -0.15) is 0 Å². The van der Waals surface area contributed by atoms with Crippen LogP contribution in [-0.2, 0) is 17.8 Å². The maximum absolute atomic E-state index is 11.8. The maximum Gasteiger partial charge on any atom is 0.220 e. The number of rotatable bonds is 9. The predicted octanol–water partition coefficient (Wildman–Crippen LogP) is 2.00. The van der Waals surface area contributed by atoms with Crippen molar-refractivity contribution in [2.45, 2.75) is 32.7 Å². The molecule has 1 aromatic heterocycles. The third-order valence-electron chi connectivity index (χ3n) is 3.49. The average molecular weight is 316 g/mol. The van der Waals surface area contributed by atoms with Crippen LogP contribution >= 0.6 is 0 Å². The zero-order chi connectivity index (χ0) is 16.5. The Morgan fingerprint density at radius 1 is 1.43 bits per heavy atom. The van der Waals surface area contributed by atoms with Gasteiger partial charge in [0.15, 0.2) is 0 Å². The molecule has 0 radical (unpaired) electrons. The summed E-state index contributed by atoms with van der Waals surface area (Å²) in [5.41, 5.74) is 7.58. The lowest BCUT2D eigenvalue weighted by atomic mass is 10.1. The number of ether oxygens (including phenoxy) is 1. The quantitative estimate of drug-likeness (QED) is 0.547. The number of nitrogens with two attached hydrogens (primary N) is 1. The second kappa shape index (κ2) is 8.82. The summed E-state index contributed by atoms with van der Waals surface area (Å²) >= 11 is 0. The van der Waals surface area contributed by atoms with Gasteiger partial charge in [0.05, 0.1) is 18.6 Å². The van der Waals surface area contributed by atoms with Crippen molar-refractivity contribution in [3.63, 3.8) is 0 Å². The van der Waals surface area contributed by atoms with E-state index in [-0.39, 0.29) is 5.91 Å². The zero-order valence-electron chi connectivity index (χ0n) is 13.5. The molecular formula is C17H24N4O2. The molecule has 1 heterocycles. The lowest BCUT2D eigenvalue weighted by Crippen LogP contribution is -2.25. The second-order valence-corrected chi connectivity index (χ2v) is 5.31. The summed E-state index contributed by atoms with van der Waals surface area (Å²) in [5, 5.41) is 2.93. The summed E-state index contributed by atoms with van der Waals surface area (Å²) < 4.78 is 7.40. The van der Waals surface area contributed by atoms with Gasteiger partial charge in [-0.1, -0.05) is 6.07 Å². The first-order valence-corrected chi connectivity index (χ1v) is 7.92. The van der Waals surface area contributed by atoms with Crippen LogP contribution in [-0.4, -0.2) is 28.6 Å².